The molecule has 1 aromatic carbocycles. The molecule has 0 aliphatic heterocycles. The average molecular weight is 507 g/mol. The maximum atomic E-state index is 14.1. The molecule has 1 saturated carbocycles. The van der Waals surface area contributed by atoms with Gasteiger partial charge in [-0.1, -0.05) is 49.2 Å². The van der Waals surface area contributed by atoms with Crippen LogP contribution < -0.4 is 5.32 Å². The number of hydrogen-bond donors (Lipinski definition) is 1. The Bertz CT molecular complexity index is 1180. The van der Waals surface area contributed by atoms with E-state index in [0.717, 1.165) is 47.5 Å². The Balaban J connectivity index is 1.65. The first-order valence-corrected chi connectivity index (χ1v) is 13.4. The third-order valence-electron chi connectivity index (χ3n) is 6.82. The van der Waals surface area contributed by atoms with Crippen LogP contribution >= 0.6 is 11.8 Å². The molecule has 8 heteroatoms. The van der Waals surface area contributed by atoms with Gasteiger partial charge in [-0.05, 0) is 69.9 Å². The fraction of sp³-hybridized carbons (Fsp3) is 0.429. The molecular weight excluding hydrogens is 472 g/mol. The molecule has 36 heavy (non-hydrogen) atoms. The summed E-state index contributed by atoms with van der Waals surface area (Å²) in [6.45, 7) is 8.04. The molecule has 1 N–H and O–H groups in total. The van der Waals surface area contributed by atoms with Gasteiger partial charge < -0.3 is 14.6 Å². The number of carbonyl (C=O) groups excluding carboxylic acids is 2. The molecule has 1 fully saturated rings. The van der Waals surface area contributed by atoms with E-state index in [2.05, 4.69) is 15.3 Å². The predicted octanol–water partition coefficient (Wildman–Crippen LogP) is 5.77. The Morgan fingerprint density at radius 2 is 1.67 bits per heavy atom. The number of carbonyl (C=O) groups is 2. The molecule has 2 amide bonds. The highest BCUT2D eigenvalue weighted by Gasteiger charge is 2.47. The van der Waals surface area contributed by atoms with Crippen LogP contribution in [-0.4, -0.2) is 38.0 Å². The highest BCUT2D eigenvalue weighted by atomic mass is 32.2. The number of rotatable bonds is 8. The van der Waals surface area contributed by atoms with Crippen molar-refractivity contribution in [3.8, 4) is 0 Å². The highest BCUT2D eigenvalue weighted by molar-refractivity contribution is 7.99. The van der Waals surface area contributed by atoms with Gasteiger partial charge in [0.2, 0.25) is 11.8 Å². The number of aryl methyl sites for hydroxylation is 4. The van der Waals surface area contributed by atoms with Crippen LogP contribution in [0.2, 0.25) is 0 Å². The minimum absolute atomic E-state index is 0.127. The van der Waals surface area contributed by atoms with Crippen LogP contribution in [0.15, 0.2) is 52.2 Å². The second-order valence-electron chi connectivity index (χ2n) is 9.59. The lowest BCUT2D eigenvalue weighted by Crippen LogP contribution is -2.60. The average Bonchev–Trinajstić information content (AvgIpc) is 3.36. The molecule has 1 aliphatic rings. The summed E-state index contributed by atoms with van der Waals surface area (Å²) in [5, 5.41) is 3.76. The smallest absolute Gasteiger partial charge is 0.250 e. The zero-order chi connectivity index (χ0) is 25.7. The Morgan fingerprint density at radius 1 is 1.00 bits per heavy atom. The molecule has 2 heterocycles. The lowest BCUT2D eigenvalue weighted by molar-refractivity contribution is -0.147. The summed E-state index contributed by atoms with van der Waals surface area (Å²) in [5.41, 5.74) is 3.58. The Morgan fingerprint density at radius 3 is 2.28 bits per heavy atom. The molecule has 0 saturated heterocycles. The van der Waals surface area contributed by atoms with Crippen molar-refractivity contribution in [1.82, 2.24) is 14.9 Å². The maximum Gasteiger partial charge on any atom is 0.250 e. The van der Waals surface area contributed by atoms with Gasteiger partial charge in [0, 0.05) is 17.1 Å². The summed E-state index contributed by atoms with van der Waals surface area (Å²) in [4.78, 5) is 38.6. The Hall–Kier alpha value is -3.13. The first-order valence-electron chi connectivity index (χ1n) is 12.4. The van der Waals surface area contributed by atoms with Crippen molar-refractivity contribution >= 4 is 29.3 Å². The van der Waals surface area contributed by atoms with Gasteiger partial charge in [-0.25, -0.2) is 9.97 Å². The van der Waals surface area contributed by atoms with Crippen molar-refractivity contribution in [1.29, 1.82) is 0 Å². The van der Waals surface area contributed by atoms with E-state index >= 15 is 0 Å². The van der Waals surface area contributed by atoms with Gasteiger partial charge in [-0.2, -0.15) is 0 Å². The van der Waals surface area contributed by atoms with E-state index in [9.17, 15) is 9.59 Å². The van der Waals surface area contributed by atoms with Crippen LogP contribution in [0.25, 0.3) is 0 Å². The van der Waals surface area contributed by atoms with Crippen LogP contribution in [-0.2, 0) is 16.1 Å². The van der Waals surface area contributed by atoms with Crippen molar-refractivity contribution in [3.05, 3.63) is 70.9 Å². The maximum absolute atomic E-state index is 14.1. The monoisotopic (exact) mass is 506 g/mol. The summed E-state index contributed by atoms with van der Waals surface area (Å²) in [6, 6.07) is 11.5. The molecule has 4 rings (SSSR count). The topological polar surface area (TPSA) is 88.3 Å². The zero-order valence-electron chi connectivity index (χ0n) is 21.5. The molecule has 0 spiro atoms. The fourth-order valence-corrected chi connectivity index (χ4v) is 5.82. The molecule has 7 nitrogen and oxygen atoms in total. The second kappa shape index (κ2) is 11.3. The van der Waals surface area contributed by atoms with E-state index in [4.69, 9.17) is 4.42 Å². The van der Waals surface area contributed by atoms with E-state index in [1.807, 2.05) is 58.0 Å². The van der Waals surface area contributed by atoms with Crippen molar-refractivity contribution in [3.63, 3.8) is 0 Å². The number of aromatic nitrogens is 2. The fourth-order valence-electron chi connectivity index (χ4n) is 5.00. The van der Waals surface area contributed by atoms with Crippen molar-refractivity contribution < 1.29 is 14.0 Å². The van der Waals surface area contributed by atoms with Crippen LogP contribution in [0.1, 0.15) is 60.4 Å². The normalized spacial score (nSPS) is 14.9. The van der Waals surface area contributed by atoms with E-state index in [1.54, 1.807) is 17.2 Å². The SMILES string of the molecule is Cc1cc(C)nc(SCC(=O)N(Cc2ccco2)C2(C(=O)Nc3c(C)cccc3C)CCCCC2)n1. The molecule has 0 bridgehead atoms. The number of hydrogen-bond acceptors (Lipinski definition) is 6. The summed E-state index contributed by atoms with van der Waals surface area (Å²) in [5.74, 6) is 0.535. The van der Waals surface area contributed by atoms with Crippen LogP contribution in [0, 0.1) is 27.7 Å². The van der Waals surface area contributed by atoms with Gasteiger partial charge in [-0.3, -0.25) is 9.59 Å². The number of thioether (sulfide) groups is 1. The molecule has 0 radical (unpaired) electrons. The molecule has 0 atom stereocenters. The third kappa shape index (κ3) is 5.81. The largest absolute Gasteiger partial charge is 0.467 e. The third-order valence-corrected chi connectivity index (χ3v) is 7.65. The van der Waals surface area contributed by atoms with Crippen LogP contribution in [0.4, 0.5) is 5.69 Å². The summed E-state index contributed by atoms with van der Waals surface area (Å²) < 4.78 is 5.62. The number of anilines is 1. The number of nitrogens with zero attached hydrogens (tertiary/aromatic N) is 3. The van der Waals surface area contributed by atoms with E-state index < -0.39 is 5.54 Å². The van der Waals surface area contributed by atoms with Crippen molar-refractivity contribution in [2.75, 3.05) is 11.1 Å². The van der Waals surface area contributed by atoms with Gasteiger partial charge in [0.15, 0.2) is 5.16 Å². The van der Waals surface area contributed by atoms with E-state index in [-0.39, 0.29) is 24.1 Å². The standard InChI is InChI=1S/C28H34N4O3S/c1-19-10-8-11-20(2)25(19)31-26(34)28(13-6-5-7-14-28)32(17-23-12-9-15-35-23)24(33)18-36-27-29-21(3)16-22(4)30-27/h8-12,15-16H,5-7,13-14,17-18H2,1-4H3,(H,31,34). The zero-order valence-corrected chi connectivity index (χ0v) is 22.3. The van der Waals surface area contributed by atoms with Gasteiger partial charge >= 0.3 is 0 Å². The Kier molecular flexibility index (Phi) is 8.14. The van der Waals surface area contributed by atoms with Crippen LogP contribution in [0.3, 0.4) is 0 Å². The first kappa shape index (κ1) is 25.9. The summed E-state index contributed by atoms with van der Waals surface area (Å²) in [6.07, 6.45) is 5.64. The quantitative estimate of drug-likeness (QED) is 0.308. The lowest BCUT2D eigenvalue weighted by atomic mass is 9.79. The molecule has 1 aliphatic carbocycles. The number of amides is 2. The molecule has 190 valence electrons. The van der Waals surface area contributed by atoms with Crippen LogP contribution in [0.5, 0.6) is 0 Å². The number of benzene rings is 1. The predicted molar refractivity (Wildman–Crippen MR) is 142 cm³/mol. The van der Waals surface area contributed by atoms with Gasteiger partial charge in [0.1, 0.15) is 11.3 Å². The molecule has 2 aromatic heterocycles. The minimum Gasteiger partial charge on any atom is -0.467 e. The van der Waals surface area contributed by atoms with Gasteiger partial charge in [0.05, 0.1) is 18.6 Å². The van der Waals surface area contributed by atoms with Crippen molar-refractivity contribution in [2.45, 2.75) is 77.0 Å². The van der Waals surface area contributed by atoms with Gasteiger partial charge in [-0.15, -0.1) is 0 Å². The first-order chi connectivity index (χ1) is 17.3. The van der Waals surface area contributed by atoms with Crippen molar-refractivity contribution in [2.24, 2.45) is 0 Å². The molecule has 0 unspecified atom stereocenters. The number of para-hydroxylation sites is 1. The minimum atomic E-state index is -0.958. The molecular formula is C28H34N4O3S. The lowest BCUT2D eigenvalue weighted by Gasteiger charge is -2.45. The number of nitrogens with one attached hydrogen (secondary N) is 1. The summed E-state index contributed by atoms with van der Waals surface area (Å²) in [7, 11) is 0. The second-order valence-corrected chi connectivity index (χ2v) is 10.5. The van der Waals surface area contributed by atoms with E-state index in [1.165, 1.54) is 11.8 Å². The highest BCUT2D eigenvalue weighted by Crippen LogP contribution is 2.37. The Labute approximate surface area is 217 Å². The van der Waals surface area contributed by atoms with E-state index in [0.29, 0.717) is 23.8 Å². The molecule has 3 aromatic rings. The summed E-state index contributed by atoms with van der Waals surface area (Å²) >= 11 is 1.31. The number of furan rings is 1. The van der Waals surface area contributed by atoms with Gasteiger partial charge in [0.25, 0.3) is 0 Å².